The van der Waals surface area contributed by atoms with Gasteiger partial charge >= 0.3 is 0 Å². The summed E-state index contributed by atoms with van der Waals surface area (Å²) in [7, 11) is -2.29. The summed E-state index contributed by atoms with van der Waals surface area (Å²) in [4.78, 5) is 4.89. The molecule has 4 rings (SSSR count). The van der Waals surface area contributed by atoms with Crippen molar-refractivity contribution in [3.05, 3.63) is 70.6 Å². The molecule has 9 heteroatoms. The number of hydrogen-bond acceptors (Lipinski definition) is 6. The first-order chi connectivity index (χ1) is 13.9. The van der Waals surface area contributed by atoms with Crippen LogP contribution >= 0.6 is 22.9 Å². The highest BCUT2D eigenvalue weighted by Gasteiger charge is 2.28. The Kier molecular flexibility index (Phi) is 5.16. The van der Waals surface area contributed by atoms with Crippen LogP contribution < -0.4 is 4.31 Å². The van der Waals surface area contributed by atoms with Gasteiger partial charge in [-0.1, -0.05) is 41.0 Å². The van der Waals surface area contributed by atoms with Gasteiger partial charge in [-0.05, 0) is 48.2 Å². The molecule has 0 aliphatic heterocycles. The second kappa shape index (κ2) is 7.62. The van der Waals surface area contributed by atoms with E-state index in [2.05, 4.69) is 10.1 Å². The SMILES string of the molecule is Cc1cccc(N(C)S(=O)(=O)c2ccsc2-c2nc(-c3cccc(Cl)c3)no2)c1. The first-order valence-electron chi connectivity index (χ1n) is 8.59. The molecule has 2 aromatic heterocycles. The number of aromatic nitrogens is 2. The predicted molar refractivity (Wildman–Crippen MR) is 115 cm³/mol. The van der Waals surface area contributed by atoms with Crippen molar-refractivity contribution in [2.24, 2.45) is 0 Å². The van der Waals surface area contributed by atoms with Gasteiger partial charge in [0.05, 0.1) is 5.69 Å². The number of sulfonamides is 1. The van der Waals surface area contributed by atoms with Crippen molar-refractivity contribution in [3.63, 3.8) is 0 Å². The molecule has 0 saturated carbocycles. The molecular formula is C20H16ClN3O3S2. The molecule has 0 radical (unpaired) electrons. The van der Waals surface area contributed by atoms with Gasteiger partial charge in [0.15, 0.2) is 0 Å². The largest absolute Gasteiger partial charge is 0.333 e. The Labute approximate surface area is 177 Å². The van der Waals surface area contributed by atoms with Gasteiger partial charge in [-0.15, -0.1) is 11.3 Å². The lowest BCUT2D eigenvalue weighted by Gasteiger charge is -2.19. The summed E-state index contributed by atoms with van der Waals surface area (Å²) in [6.45, 7) is 1.91. The first kappa shape index (κ1) is 19.6. The number of rotatable bonds is 5. The van der Waals surface area contributed by atoms with Gasteiger partial charge < -0.3 is 4.52 Å². The van der Waals surface area contributed by atoms with E-state index in [0.29, 0.717) is 27.0 Å². The molecule has 0 bridgehead atoms. The lowest BCUT2D eigenvalue weighted by Crippen LogP contribution is -2.26. The quantitative estimate of drug-likeness (QED) is 0.419. The van der Waals surface area contributed by atoms with Crippen molar-refractivity contribution in [3.8, 4) is 22.2 Å². The van der Waals surface area contributed by atoms with E-state index >= 15 is 0 Å². The van der Waals surface area contributed by atoms with Crippen molar-refractivity contribution in [2.45, 2.75) is 11.8 Å². The number of nitrogens with zero attached hydrogens (tertiary/aromatic N) is 3. The number of aryl methyl sites for hydroxylation is 1. The maximum absolute atomic E-state index is 13.2. The first-order valence-corrected chi connectivity index (χ1v) is 11.3. The molecule has 0 unspecified atom stereocenters. The minimum atomic E-state index is -3.81. The van der Waals surface area contributed by atoms with Crippen LogP contribution in [-0.4, -0.2) is 25.6 Å². The fourth-order valence-corrected chi connectivity index (χ4v) is 5.52. The summed E-state index contributed by atoms with van der Waals surface area (Å²) >= 11 is 7.25. The third kappa shape index (κ3) is 3.78. The molecule has 0 aliphatic rings. The van der Waals surface area contributed by atoms with Crippen molar-refractivity contribution < 1.29 is 12.9 Å². The molecule has 6 nitrogen and oxygen atoms in total. The van der Waals surface area contributed by atoms with Crippen LogP contribution in [0.5, 0.6) is 0 Å². The van der Waals surface area contributed by atoms with Gasteiger partial charge in [0.25, 0.3) is 15.9 Å². The highest BCUT2D eigenvalue weighted by atomic mass is 35.5. The third-order valence-corrected chi connectivity index (χ3v) is 7.43. The van der Waals surface area contributed by atoms with E-state index in [9.17, 15) is 8.42 Å². The van der Waals surface area contributed by atoms with Crippen molar-refractivity contribution in [1.82, 2.24) is 10.1 Å². The van der Waals surface area contributed by atoms with Crippen LogP contribution in [0.3, 0.4) is 0 Å². The second-order valence-electron chi connectivity index (χ2n) is 6.36. The summed E-state index contributed by atoms with van der Waals surface area (Å²) in [5, 5.41) is 6.21. The average molecular weight is 446 g/mol. The Hall–Kier alpha value is -2.68. The van der Waals surface area contributed by atoms with Gasteiger partial charge in [-0.25, -0.2) is 8.42 Å². The van der Waals surface area contributed by atoms with Crippen LogP contribution in [0.4, 0.5) is 5.69 Å². The summed E-state index contributed by atoms with van der Waals surface area (Å²) in [5.41, 5.74) is 2.23. The molecule has 0 spiro atoms. The van der Waals surface area contributed by atoms with E-state index in [1.165, 1.54) is 22.7 Å². The summed E-state index contributed by atoms with van der Waals surface area (Å²) in [5.74, 6) is 0.484. The topological polar surface area (TPSA) is 76.3 Å². The Morgan fingerprint density at radius 3 is 2.66 bits per heavy atom. The maximum Gasteiger partial charge on any atom is 0.269 e. The zero-order valence-electron chi connectivity index (χ0n) is 15.5. The van der Waals surface area contributed by atoms with Gasteiger partial charge in [-0.3, -0.25) is 4.31 Å². The number of hydrogen-bond donors (Lipinski definition) is 0. The normalized spacial score (nSPS) is 11.6. The van der Waals surface area contributed by atoms with Gasteiger partial charge in [0.1, 0.15) is 9.77 Å². The standard InChI is InChI=1S/C20H16ClN3O3S2/c1-13-5-3-8-16(11-13)24(2)29(25,26)17-9-10-28-18(17)20-22-19(23-27-20)14-6-4-7-15(21)12-14/h3-12H,1-2H3. The van der Waals surface area contributed by atoms with E-state index in [1.54, 1.807) is 41.8 Å². The number of thiophene rings is 1. The monoisotopic (exact) mass is 445 g/mol. The van der Waals surface area contributed by atoms with Crippen LogP contribution in [0, 0.1) is 6.92 Å². The molecule has 29 heavy (non-hydrogen) atoms. The third-order valence-electron chi connectivity index (χ3n) is 4.34. The molecule has 2 aromatic carbocycles. The van der Waals surface area contributed by atoms with Crippen LogP contribution in [0.1, 0.15) is 5.56 Å². The highest BCUT2D eigenvalue weighted by molar-refractivity contribution is 7.93. The van der Waals surface area contributed by atoms with Crippen LogP contribution in [0.15, 0.2) is 69.4 Å². The smallest absolute Gasteiger partial charge is 0.269 e. The number of benzene rings is 2. The van der Waals surface area contributed by atoms with Crippen LogP contribution in [-0.2, 0) is 10.0 Å². The number of anilines is 1. The minimum Gasteiger partial charge on any atom is -0.333 e. The molecule has 0 aliphatic carbocycles. The Balaban J connectivity index is 1.72. The maximum atomic E-state index is 13.2. The van der Waals surface area contributed by atoms with E-state index in [0.717, 1.165) is 5.56 Å². The van der Waals surface area contributed by atoms with Crippen molar-refractivity contribution in [1.29, 1.82) is 0 Å². The fraction of sp³-hybridized carbons (Fsp3) is 0.100. The van der Waals surface area contributed by atoms with E-state index in [-0.39, 0.29) is 10.8 Å². The number of halogens is 1. The Morgan fingerprint density at radius 2 is 1.90 bits per heavy atom. The fourth-order valence-electron chi connectivity index (χ4n) is 2.83. The summed E-state index contributed by atoms with van der Waals surface area (Å²) in [6, 6.07) is 15.9. The van der Waals surface area contributed by atoms with Crippen LogP contribution in [0.25, 0.3) is 22.2 Å². The van der Waals surface area contributed by atoms with Crippen LogP contribution in [0.2, 0.25) is 5.02 Å². The lowest BCUT2D eigenvalue weighted by atomic mass is 10.2. The second-order valence-corrected chi connectivity index (χ2v) is 9.65. The van der Waals surface area contributed by atoms with Crippen molar-refractivity contribution in [2.75, 3.05) is 11.4 Å². The van der Waals surface area contributed by atoms with E-state index in [4.69, 9.17) is 16.1 Å². The molecule has 0 N–H and O–H groups in total. The summed E-state index contributed by atoms with van der Waals surface area (Å²) < 4.78 is 33.1. The Morgan fingerprint density at radius 1 is 1.10 bits per heavy atom. The van der Waals surface area contributed by atoms with Crippen molar-refractivity contribution >= 4 is 38.6 Å². The molecule has 0 saturated heterocycles. The molecule has 2 heterocycles. The zero-order chi connectivity index (χ0) is 20.6. The Bertz CT molecular complexity index is 1280. The van der Waals surface area contributed by atoms with E-state index in [1.807, 2.05) is 25.1 Å². The lowest BCUT2D eigenvalue weighted by molar-refractivity contribution is 0.432. The molecule has 148 valence electrons. The average Bonchev–Trinajstić information content (AvgIpc) is 3.37. The molecule has 0 amide bonds. The minimum absolute atomic E-state index is 0.118. The van der Waals surface area contributed by atoms with Gasteiger partial charge in [0, 0.05) is 17.6 Å². The molecule has 0 atom stereocenters. The van der Waals surface area contributed by atoms with Gasteiger partial charge in [0.2, 0.25) is 5.82 Å². The van der Waals surface area contributed by atoms with E-state index < -0.39 is 10.0 Å². The summed E-state index contributed by atoms with van der Waals surface area (Å²) in [6.07, 6.45) is 0. The molecular weight excluding hydrogens is 430 g/mol. The predicted octanol–water partition coefficient (Wildman–Crippen LogP) is 5.25. The molecule has 0 fully saturated rings. The highest BCUT2D eigenvalue weighted by Crippen LogP contribution is 2.35. The zero-order valence-corrected chi connectivity index (χ0v) is 17.9. The molecule has 4 aromatic rings. The van der Waals surface area contributed by atoms with Gasteiger partial charge in [-0.2, -0.15) is 4.98 Å².